The van der Waals surface area contributed by atoms with Crippen LogP contribution in [-0.4, -0.2) is 93.5 Å². The molecule has 4 atom stereocenters. The second-order valence-electron chi connectivity index (χ2n) is 16.4. The minimum absolute atomic E-state index is 0.0380. The van der Waals surface area contributed by atoms with E-state index in [4.69, 9.17) is 21.4 Å². The van der Waals surface area contributed by atoms with Gasteiger partial charge in [0.15, 0.2) is 6.29 Å². The third kappa shape index (κ3) is 9.59. The second kappa shape index (κ2) is 20.3. The van der Waals surface area contributed by atoms with Crippen molar-refractivity contribution in [2.45, 2.75) is 65.2 Å². The number of benzene rings is 2. The number of rotatable bonds is 16. The Morgan fingerprint density at radius 3 is 2.27 bits per heavy atom. The van der Waals surface area contributed by atoms with Gasteiger partial charge in [-0.2, -0.15) is 0 Å². The maximum absolute atomic E-state index is 14.3. The first kappa shape index (κ1) is 46.5. The van der Waals surface area contributed by atoms with Crippen molar-refractivity contribution >= 4 is 105 Å². The van der Waals surface area contributed by atoms with Crippen LogP contribution in [0.15, 0.2) is 92.3 Å². The lowest BCUT2D eigenvalue weighted by Gasteiger charge is -2.39. The molecule has 13 nitrogen and oxygen atoms in total. The quantitative estimate of drug-likeness (QED) is 0.0454. The van der Waals surface area contributed by atoms with E-state index < -0.39 is 27.9 Å². The molecule has 0 saturated carbocycles. The first-order chi connectivity index (χ1) is 32.0. The second-order valence-corrected chi connectivity index (χ2v) is 23.8. The van der Waals surface area contributed by atoms with Crippen LogP contribution < -0.4 is 16.8 Å². The van der Waals surface area contributed by atoms with E-state index >= 15 is 0 Å². The van der Waals surface area contributed by atoms with Gasteiger partial charge in [0.25, 0.3) is 5.91 Å². The average Bonchev–Trinajstić information content (AvgIpc) is 4.18. The number of hydrogen-bond donors (Lipinski definition) is 5. The number of nitrogen functional groups attached to an aromatic ring is 2. The summed E-state index contributed by atoms with van der Waals surface area (Å²) in [4.78, 5) is 34.3. The van der Waals surface area contributed by atoms with Crippen molar-refractivity contribution in [2.75, 3.05) is 49.7 Å². The monoisotopic (exact) mass is 998 g/mol. The number of anilines is 2. The Bertz CT molecular complexity index is 2980. The van der Waals surface area contributed by atoms with Crippen molar-refractivity contribution in [3.63, 3.8) is 0 Å². The van der Waals surface area contributed by atoms with E-state index in [0.717, 1.165) is 75.4 Å². The fraction of sp³-hybridized carbons (Fsp3) is 0.319. The number of carbonyl (C=O) groups is 1. The molecule has 1 amide bonds. The highest BCUT2D eigenvalue weighted by Gasteiger charge is 2.30. The lowest BCUT2D eigenvalue weighted by molar-refractivity contribution is -0.0424. The zero-order valence-corrected chi connectivity index (χ0v) is 41.2. The molecule has 7 aromatic rings. The number of aliphatic hydroxyl groups excluding tert-OH is 1. The Hall–Kier alpha value is -4.57. The molecule has 7 heterocycles. The summed E-state index contributed by atoms with van der Waals surface area (Å²) < 4.78 is 28.6. The third-order valence-corrected chi connectivity index (χ3v) is 19.7. The number of nitrogens with two attached hydrogens (primary N) is 2. The highest BCUT2D eigenvalue weighted by Crippen LogP contribution is 2.45. The van der Waals surface area contributed by atoms with Gasteiger partial charge in [0.05, 0.1) is 38.7 Å². The minimum atomic E-state index is -1.63. The number of piperazine rings is 1. The molecule has 0 bridgehead atoms. The number of thiazole rings is 1. The molecule has 1 fully saturated rings. The predicted molar refractivity (Wildman–Crippen MR) is 273 cm³/mol. The molecular weight excluding hydrogens is 949 g/mol. The number of aliphatic hydroxyl groups is 2. The Kier molecular flexibility index (Phi) is 14.3. The van der Waals surface area contributed by atoms with Gasteiger partial charge in [-0.3, -0.25) is 18.1 Å². The number of thioether (sulfide) groups is 1. The van der Waals surface area contributed by atoms with Gasteiger partial charge in [-0.05, 0) is 84.3 Å². The van der Waals surface area contributed by atoms with Crippen molar-refractivity contribution in [1.29, 1.82) is 0 Å². The van der Waals surface area contributed by atoms with Gasteiger partial charge >= 0.3 is 0 Å². The summed E-state index contributed by atoms with van der Waals surface area (Å²) in [5.74, 6) is 0.928. The lowest BCUT2D eigenvalue weighted by Crippen LogP contribution is -2.53. The van der Waals surface area contributed by atoms with Crippen LogP contribution in [0, 0.1) is 0 Å². The summed E-state index contributed by atoms with van der Waals surface area (Å²) in [7, 11) is -0.527. The Morgan fingerprint density at radius 2 is 1.59 bits per heavy atom. The Morgan fingerprint density at radius 1 is 0.894 bits per heavy atom. The number of pyridine rings is 2. The molecular formula is C47H50N8O5S6. The standard InChI is InChI=1S/C47H50N8O5S6/c1-3-4-20-65(59)46-38(48)36-32(24-34(52-42(36)63-46)40-50-14-18-61-40)27-9-7-11-29(22-27)44(56)55-17-16-54(2)31(26-55)13-5-6-21-66(60)47-39(49)37-33(28-10-8-12-30(23-28)45(57)58)25-35(53-43(37)64-47)41-51-15-19-62-41/h7-12,14-15,18-19,22-25,31,40,45,50,57-58H,3-6,13,16-17,20-21,26,48-49H2,1-2H3. The highest BCUT2D eigenvalue weighted by atomic mass is 32.2. The normalized spacial score (nSPS) is 17.6. The molecule has 0 aliphatic carbocycles. The van der Waals surface area contributed by atoms with Gasteiger partial charge in [-0.25, -0.2) is 15.0 Å². The van der Waals surface area contributed by atoms with Gasteiger partial charge in [-0.15, -0.1) is 45.8 Å². The zero-order valence-electron chi connectivity index (χ0n) is 36.3. The molecule has 0 radical (unpaired) electrons. The van der Waals surface area contributed by atoms with Gasteiger partial charge in [0, 0.05) is 76.9 Å². The van der Waals surface area contributed by atoms with Crippen molar-refractivity contribution in [3.8, 4) is 33.0 Å². The summed E-state index contributed by atoms with van der Waals surface area (Å²) in [5, 5.41) is 29.2. The van der Waals surface area contributed by atoms with Gasteiger partial charge in [0.1, 0.15) is 34.2 Å². The first-order valence-electron chi connectivity index (χ1n) is 21.7. The summed E-state index contributed by atoms with van der Waals surface area (Å²) in [6.07, 6.45) is 6.12. The summed E-state index contributed by atoms with van der Waals surface area (Å²) >= 11 is 5.81. The van der Waals surface area contributed by atoms with Crippen molar-refractivity contribution in [3.05, 3.63) is 101 Å². The van der Waals surface area contributed by atoms with E-state index in [-0.39, 0.29) is 17.3 Å². The molecule has 1 saturated heterocycles. The molecule has 7 N–H and O–H groups in total. The maximum Gasteiger partial charge on any atom is 0.253 e. The van der Waals surface area contributed by atoms with Crippen LogP contribution in [0.5, 0.6) is 0 Å². The molecule has 0 spiro atoms. The van der Waals surface area contributed by atoms with Gasteiger partial charge < -0.3 is 31.9 Å². The topological polar surface area (TPSA) is 201 Å². The summed E-state index contributed by atoms with van der Waals surface area (Å²) in [6, 6.07) is 18.8. The highest BCUT2D eigenvalue weighted by molar-refractivity contribution is 8.02. The summed E-state index contributed by atoms with van der Waals surface area (Å²) in [5.41, 5.74) is 20.1. The largest absolute Gasteiger partial charge is 0.396 e. The fourth-order valence-electron chi connectivity index (χ4n) is 8.43. The van der Waals surface area contributed by atoms with E-state index in [0.29, 0.717) is 77.8 Å². The van der Waals surface area contributed by atoms with Gasteiger partial charge in [0.2, 0.25) is 0 Å². The van der Waals surface area contributed by atoms with Crippen molar-refractivity contribution in [1.82, 2.24) is 30.1 Å². The van der Waals surface area contributed by atoms with E-state index in [1.165, 1.54) is 34.0 Å². The predicted octanol–water partition coefficient (Wildman–Crippen LogP) is 8.96. The first-order valence-corrected chi connectivity index (χ1v) is 27.8. The number of nitrogens with one attached hydrogen (secondary N) is 1. The molecule has 2 aliphatic heterocycles. The summed E-state index contributed by atoms with van der Waals surface area (Å²) in [6.45, 7) is 3.98. The van der Waals surface area contributed by atoms with Crippen LogP contribution in [0.25, 0.3) is 53.4 Å². The molecule has 2 aromatic carbocycles. The third-order valence-electron chi connectivity index (χ3n) is 12.0. The number of aromatic nitrogens is 3. The molecule has 2 aliphatic rings. The minimum Gasteiger partial charge on any atom is -0.396 e. The van der Waals surface area contributed by atoms with E-state index in [1.54, 1.807) is 36.2 Å². The fourth-order valence-corrected chi connectivity index (χ4v) is 15.3. The number of unbranched alkanes of at least 4 members (excludes halogenated alkanes) is 2. The number of nitrogens with zero attached hydrogens (tertiary/aromatic N) is 5. The van der Waals surface area contributed by atoms with Crippen LogP contribution >= 0.6 is 45.8 Å². The SMILES string of the molecule is CCCCS(=O)c1sc2nc(C3NC=CS3)cc(-c3cccc(C(=O)N4CCN(C)C(CCCCS(=O)c5sc6nc(-c7nccs7)cc(-c7cccc(C(O)O)c7)c6c5N)C4)c3)c2c1N. The lowest BCUT2D eigenvalue weighted by atomic mass is 9.99. The smallest absolute Gasteiger partial charge is 0.253 e. The number of thiophene rings is 2. The molecule has 19 heteroatoms. The van der Waals surface area contributed by atoms with Crippen LogP contribution in [0.4, 0.5) is 11.4 Å². The molecule has 344 valence electrons. The van der Waals surface area contributed by atoms with Crippen molar-refractivity contribution < 1.29 is 23.4 Å². The van der Waals surface area contributed by atoms with Crippen molar-refractivity contribution in [2.24, 2.45) is 0 Å². The number of likely N-dealkylation sites (N-methyl/N-ethyl adjacent to an activating group) is 1. The van der Waals surface area contributed by atoms with Crippen LogP contribution in [0.3, 0.4) is 0 Å². The van der Waals surface area contributed by atoms with E-state index in [9.17, 15) is 23.4 Å². The molecule has 9 rings (SSSR count). The maximum atomic E-state index is 14.3. The van der Waals surface area contributed by atoms with E-state index in [1.807, 2.05) is 64.4 Å². The number of fused-ring (bicyclic) bond motifs is 2. The Balaban J connectivity index is 0.890. The zero-order chi connectivity index (χ0) is 46.1. The average molecular weight is 999 g/mol. The van der Waals surface area contributed by atoms with Crippen LogP contribution in [0.1, 0.15) is 72.3 Å². The Labute approximate surface area is 404 Å². The molecule has 5 aromatic heterocycles. The molecule has 4 unspecified atom stereocenters. The van der Waals surface area contributed by atoms with Crippen LogP contribution in [0.2, 0.25) is 0 Å². The number of amides is 1. The number of carbonyl (C=O) groups excluding carboxylic acids is 1. The van der Waals surface area contributed by atoms with E-state index in [2.05, 4.69) is 29.2 Å². The van der Waals surface area contributed by atoms with Gasteiger partial charge in [-0.1, -0.05) is 50.1 Å². The van der Waals surface area contributed by atoms with Crippen LogP contribution in [-0.2, 0) is 21.6 Å². The molecule has 66 heavy (non-hydrogen) atoms. The number of hydrogen-bond acceptors (Lipinski definition) is 16.